The third-order valence-corrected chi connectivity index (χ3v) is 3.06. The van der Waals surface area contributed by atoms with Crippen molar-refractivity contribution in [3.05, 3.63) is 54.1 Å². The first-order valence-corrected chi connectivity index (χ1v) is 7.72. The molecule has 0 bridgehead atoms. The summed E-state index contributed by atoms with van der Waals surface area (Å²) in [5, 5.41) is 2.68. The number of ether oxygens (including phenoxy) is 3. The van der Waals surface area contributed by atoms with Crippen LogP contribution in [-0.4, -0.2) is 18.8 Å². The molecule has 0 aliphatic carbocycles. The normalized spacial score (nSPS) is 10.8. The number of methoxy groups -OCH3 is 1. The lowest BCUT2D eigenvalue weighted by atomic mass is 10.2. The lowest BCUT2D eigenvalue weighted by Crippen LogP contribution is -2.27. The summed E-state index contributed by atoms with van der Waals surface area (Å²) in [6.45, 7) is 5.89. The minimum atomic E-state index is -0.559. The maximum atomic E-state index is 11.9. The topological polar surface area (TPSA) is 56.8 Å². The van der Waals surface area contributed by atoms with Crippen LogP contribution in [0.25, 0.3) is 0 Å². The lowest BCUT2D eigenvalue weighted by molar-refractivity contribution is 0.0635. The molecule has 0 aromatic heterocycles. The number of carbonyl (C=O) groups is 1. The summed E-state index contributed by atoms with van der Waals surface area (Å²) in [5.41, 5.74) is 1.04. The highest BCUT2D eigenvalue weighted by molar-refractivity contribution is 5.87. The molecule has 1 amide bonds. The van der Waals surface area contributed by atoms with E-state index in [1.165, 1.54) is 7.11 Å². The summed E-state index contributed by atoms with van der Waals surface area (Å²) < 4.78 is 16.3. The Morgan fingerprint density at radius 1 is 1.08 bits per heavy atom. The van der Waals surface area contributed by atoms with Crippen LogP contribution in [0.5, 0.6) is 11.5 Å². The molecule has 2 aromatic rings. The van der Waals surface area contributed by atoms with Gasteiger partial charge in [-0.15, -0.1) is 0 Å². The second-order valence-electron chi connectivity index (χ2n) is 6.26. The van der Waals surface area contributed by atoms with Crippen molar-refractivity contribution in [3.8, 4) is 11.5 Å². The molecule has 0 saturated carbocycles. The van der Waals surface area contributed by atoms with Gasteiger partial charge in [0, 0.05) is 6.07 Å². The minimum Gasteiger partial charge on any atom is -0.494 e. The summed E-state index contributed by atoms with van der Waals surface area (Å²) in [6, 6.07) is 15.1. The quantitative estimate of drug-likeness (QED) is 0.869. The fourth-order valence-corrected chi connectivity index (χ4v) is 2.02. The Labute approximate surface area is 142 Å². The van der Waals surface area contributed by atoms with Gasteiger partial charge in [0.1, 0.15) is 23.7 Å². The van der Waals surface area contributed by atoms with Crippen LogP contribution in [0.15, 0.2) is 48.5 Å². The van der Waals surface area contributed by atoms with Crippen molar-refractivity contribution in [1.29, 1.82) is 0 Å². The minimum absolute atomic E-state index is 0.461. The number of amides is 1. The van der Waals surface area contributed by atoms with E-state index in [2.05, 4.69) is 5.32 Å². The first-order chi connectivity index (χ1) is 11.4. The first kappa shape index (κ1) is 17.7. The molecule has 5 heteroatoms. The summed E-state index contributed by atoms with van der Waals surface area (Å²) in [7, 11) is 1.54. The van der Waals surface area contributed by atoms with E-state index in [4.69, 9.17) is 14.2 Å². The van der Waals surface area contributed by atoms with Gasteiger partial charge >= 0.3 is 6.09 Å². The smallest absolute Gasteiger partial charge is 0.412 e. The van der Waals surface area contributed by atoms with Gasteiger partial charge in [0.05, 0.1) is 12.8 Å². The Bertz CT molecular complexity index is 678. The van der Waals surface area contributed by atoms with Gasteiger partial charge in [0.15, 0.2) is 0 Å². The first-order valence-electron chi connectivity index (χ1n) is 7.72. The predicted molar refractivity (Wildman–Crippen MR) is 93.6 cm³/mol. The van der Waals surface area contributed by atoms with Crippen LogP contribution in [0.1, 0.15) is 26.3 Å². The maximum Gasteiger partial charge on any atom is 0.412 e. The average Bonchev–Trinajstić information content (AvgIpc) is 2.53. The molecule has 0 aliphatic heterocycles. The molecule has 0 saturated heterocycles. The lowest BCUT2D eigenvalue weighted by Gasteiger charge is -2.20. The van der Waals surface area contributed by atoms with Crippen LogP contribution < -0.4 is 14.8 Å². The van der Waals surface area contributed by atoms with Crippen molar-refractivity contribution in [2.24, 2.45) is 0 Å². The second-order valence-corrected chi connectivity index (χ2v) is 6.26. The standard InChI is InChI=1S/C19H23NO4/c1-19(2,3)24-18(21)20-16-11-10-15(12-17(16)22-4)23-13-14-8-6-5-7-9-14/h5-12H,13H2,1-4H3,(H,20,21). The van der Waals surface area contributed by atoms with Gasteiger partial charge in [-0.2, -0.15) is 0 Å². The third-order valence-electron chi connectivity index (χ3n) is 3.06. The van der Waals surface area contributed by atoms with E-state index < -0.39 is 11.7 Å². The van der Waals surface area contributed by atoms with Crippen molar-refractivity contribution in [2.45, 2.75) is 33.0 Å². The van der Waals surface area contributed by atoms with E-state index in [0.717, 1.165) is 5.56 Å². The van der Waals surface area contributed by atoms with E-state index in [0.29, 0.717) is 23.8 Å². The summed E-state index contributed by atoms with van der Waals surface area (Å²) in [5.74, 6) is 1.16. The van der Waals surface area contributed by atoms with Gasteiger partial charge in [-0.1, -0.05) is 30.3 Å². The molecular formula is C19H23NO4. The summed E-state index contributed by atoms with van der Waals surface area (Å²) in [4.78, 5) is 11.9. The zero-order valence-corrected chi connectivity index (χ0v) is 14.5. The second kappa shape index (κ2) is 7.73. The molecule has 0 fully saturated rings. The molecule has 2 rings (SSSR count). The van der Waals surface area contributed by atoms with Crippen molar-refractivity contribution >= 4 is 11.8 Å². The Morgan fingerprint density at radius 3 is 2.42 bits per heavy atom. The van der Waals surface area contributed by atoms with Crippen molar-refractivity contribution < 1.29 is 19.0 Å². The Kier molecular flexibility index (Phi) is 5.68. The number of hydrogen-bond donors (Lipinski definition) is 1. The molecule has 0 unspecified atom stereocenters. The van der Waals surface area contributed by atoms with Gasteiger partial charge < -0.3 is 14.2 Å². The third kappa shape index (κ3) is 5.50. The van der Waals surface area contributed by atoms with E-state index in [1.54, 1.807) is 18.2 Å². The van der Waals surface area contributed by atoms with Crippen LogP contribution in [0.4, 0.5) is 10.5 Å². The fraction of sp³-hybridized carbons (Fsp3) is 0.316. The van der Waals surface area contributed by atoms with Crippen LogP contribution >= 0.6 is 0 Å². The van der Waals surface area contributed by atoms with E-state index in [9.17, 15) is 4.79 Å². The molecule has 0 aliphatic rings. The largest absolute Gasteiger partial charge is 0.494 e. The number of hydrogen-bond acceptors (Lipinski definition) is 4. The Hall–Kier alpha value is -2.69. The highest BCUT2D eigenvalue weighted by Gasteiger charge is 2.17. The molecule has 128 valence electrons. The zero-order chi connectivity index (χ0) is 17.6. The van der Waals surface area contributed by atoms with Gasteiger partial charge in [-0.25, -0.2) is 4.79 Å². The van der Waals surface area contributed by atoms with Gasteiger partial charge in [-0.05, 0) is 38.5 Å². The van der Waals surface area contributed by atoms with Crippen LogP contribution in [0, 0.1) is 0 Å². The van der Waals surface area contributed by atoms with Gasteiger partial charge in [0.2, 0.25) is 0 Å². The van der Waals surface area contributed by atoms with E-state index in [1.807, 2.05) is 51.1 Å². The fourth-order valence-electron chi connectivity index (χ4n) is 2.02. The highest BCUT2D eigenvalue weighted by Crippen LogP contribution is 2.30. The molecule has 0 radical (unpaired) electrons. The number of benzene rings is 2. The molecule has 1 N–H and O–H groups in total. The number of anilines is 1. The summed E-state index contributed by atoms with van der Waals surface area (Å²) in [6.07, 6.45) is -0.529. The monoisotopic (exact) mass is 329 g/mol. The number of rotatable bonds is 5. The highest BCUT2D eigenvalue weighted by atomic mass is 16.6. The number of nitrogens with one attached hydrogen (secondary N) is 1. The van der Waals surface area contributed by atoms with Crippen LogP contribution in [0.3, 0.4) is 0 Å². The van der Waals surface area contributed by atoms with Gasteiger partial charge in [-0.3, -0.25) is 5.32 Å². The molecular weight excluding hydrogens is 306 g/mol. The van der Waals surface area contributed by atoms with Crippen LogP contribution in [-0.2, 0) is 11.3 Å². The van der Waals surface area contributed by atoms with E-state index >= 15 is 0 Å². The maximum absolute atomic E-state index is 11.9. The van der Waals surface area contributed by atoms with Crippen molar-refractivity contribution in [2.75, 3.05) is 12.4 Å². The SMILES string of the molecule is COc1cc(OCc2ccccc2)ccc1NC(=O)OC(C)(C)C. The zero-order valence-electron chi connectivity index (χ0n) is 14.5. The molecule has 2 aromatic carbocycles. The molecule has 24 heavy (non-hydrogen) atoms. The Balaban J connectivity index is 2.03. The Morgan fingerprint density at radius 2 is 1.79 bits per heavy atom. The average molecular weight is 329 g/mol. The molecule has 5 nitrogen and oxygen atoms in total. The molecule has 0 heterocycles. The number of carbonyl (C=O) groups excluding carboxylic acids is 1. The van der Waals surface area contributed by atoms with Crippen molar-refractivity contribution in [1.82, 2.24) is 0 Å². The predicted octanol–water partition coefficient (Wildman–Crippen LogP) is 4.62. The molecule has 0 spiro atoms. The summed E-state index contributed by atoms with van der Waals surface area (Å²) >= 11 is 0. The molecule has 0 atom stereocenters. The van der Waals surface area contributed by atoms with E-state index in [-0.39, 0.29) is 0 Å². The van der Waals surface area contributed by atoms with Crippen LogP contribution in [0.2, 0.25) is 0 Å². The van der Waals surface area contributed by atoms with Gasteiger partial charge in [0.25, 0.3) is 0 Å². The van der Waals surface area contributed by atoms with Crippen molar-refractivity contribution in [3.63, 3.8) is 0 Å².